The molecule has 1 aliphatic rings. The first-order chi connectivity index (χ1) is 11.6. The number of phenols is 1. The lowest BCUT2D eigenvalue weighted by Gasteiger charge is -2.19. The van der Waals surface area contributed by atoms with Crippen molar-refractivity contribution in [3.8, 4) is 5.75 Å². The number of aromatic hydroxyl groups is 1. The fraction of sp³-hybridized carbons (Fsp3) is 0.235. The van der Waals surface area contributed by atoms with Crippen LogP contribution in [0.1, 0.15) is 18.4 Å². The highest BCUT2D eigenvalue weighted by molar-refractivity contribution is 9.10. The van der Waals surface area contributed by atoms with Gasteiger partial charge in [0.1, 0.15) is 0 Å². The zero-order valence-electron chi connectivity index (χ0n) is 12.9. The van der Waals surface area contributed by atoms with Gasteiger partial charge in [0.15, 0.2) is 0 Å². The summed E-state index contributed by atoms with van der Waals surface area (Å²) in [7, 11) is 0. The van der Waals surface area contributed by atoms with E-state index >= 15 is 0 Å². The third-order valence-corrected chi connectivity index (χ3v) is 4.41. The van der Waals surface area contributed by atoms with Crippen molar-refractivity contribution in [2.45, 2.75) is 12.8 Å². The number of para-hydroxylation sites is 2. The molecule has 2 aromatic carbocycles. The first-order valence-corrected chi connectivity index (χ1v) is 8.40. The van der Waals surface area contributed by atoms with E-state index < -0.39 is 4.92 Å². The average molecular weight is 390 g/mol. The molecular formula is C17H16BrN3O3. The Bertz CT molecular complexity index is 802. The number of nitro benzene ring substituents is 1. The maximum atomic E-state index is 11.0. The number of aliphatic imine (C=N–C) groups is 1. The molecular weight excluding hydrogens is 374 g/mol. The molecule has 0 amide bonds. The van der Waals surface area contributed by atoms with Crippen molar-refractivity contribution >= 4 is 39.2 Å². The Morgan fingerprint density at radius 2 is 1.96 bits per heavy atom. The second kappa shape index (κ2) is 7.00. The van der Waals surface area contributed by atoms with Gasteiger partial charge in [-0.15, -0.1) is 0 Å². The Hall–Kier alpha value is -2.41. The van der Waals surface area contributed by atoms with E-state index in [9.17, 15) is 15.2 Å². The Kier molecular flexibility index (Phi) is 4.80. The third-order valence-electron chi connectivity index (χ3n) is 3.95. The SMILES string of the molecule is O=[N+]([O-])c1cc(Br)cc(C=Nc2ccccc2N2CCCC2)c1O. The van der Waals surface area contributed by atoms with Crippen molar-refractivity contribution < 1.29 is 10.0 Å². The minimum absolute atomic E-state index is 0.298. The standard InChI is InChI=1S/C17H16BrN3O3/c18-13-9-12(17(22)16(10-13)21(23)24)11-19-14-5-1-2-6-15(14)20-7-3-4-8-20/h1-2,5-6,9-11,22H,3-4,7-8H2. The summed E-state index contributed by atoms with van der Waals surface area (Å²) in [5, 5.41) is 21.1. The molecule has 1 fully saturated rings. The first kappa shape index (κ1) is 16.4. The highest BCUT2D eigenvalue weighted by atomic mass is 79.9. The molecule has 0 aromatic heterocycles. The normalized spacial score (nSPS) is 14.5. The number of hydrogen-bond donors (Lipinski definition) is 1. The largest absolute Gasteiger partial charge is 0.502 e. The molecule has 0 saturated carbocycles. The number of hydrogen-bond acceptors (Lipinski definition) is 5. The zero-order valence-corrected chi connectivity index (χ0v) is 14.4. The molecule has 0 atom stereocenters. The van der Waals surface area contributed by atoms with Crippen LogP contribution in [0.2, 0.25) is 0 Å². The number of anilines is 1. The number of rotatable bonds is 4. The molecule has 0 spiro atoms. The van der Waals surface area contributed by atoms with Gasteiger partial charge < -0.3 is 10.0 Å². The molecule has 2 aromatic rings. The topological polar surface area (TPSA) is 79.0 Å². The lowest BCUT2D eigenvalue weighted by molar-refractivity contribution is -0.385. The van der Waals surface area contributed by atoms with Crippen LogP contribution in [0.5, 0.6) is 5.75 Å². The maximum Gasteiger partial charge on any atom is 0.312 e. The molecule has 1 saturated heterocycles. The summed E-state index contributed by atoms with van der Waals surface area (Å²) in [5.74, 6) is -0.384. The Morgan fingerprint density at radius 1 is 1.25 bits per heavy atom. The van der Waals surface area contributed by atoms with Gasteiger partial charge in [0.05, 0.1) is 16.3 Å². The predicted octanol–water partition coefficient (Wildman–Crippen LogP) is 4.41. The third kappa shape index (κ3) is 3.41. The first-order valence-electron chi connectivity index (χ1n) is 7.61. The average Bonchev–Trinajstić information content (AvgIpc) is 3.09. The molecule has 1 aliphatic heterocycles. The predicted molar refractivity (Wildman–Crippen MR) is 97.6 cm³/mol. The summed E-state index contributed by atoms with van der Waals surface area (Å²) < 4.78 is 0.515. The van der Waals surface area contributed by atoms with Gasteiger partial charge in [0, 0.05) is 35.4 Å². The number of phenolic OH excluding ortho intramolecular Hbond substituents is 1. The fourth-order valence-electron chi connectivity index (χ4n) is 2.78. The van der Waals surface area contributed by atoms with Gasteiger partial charge in [-0.2, -0.15) is 0 Å². The van der Waals surface area contributed by atoms with Gasteiger partial charge in [-0.05, 0) is 31.0 Å². The smallest absolute Gasteiger partial charge is 0.312 e. The number of nitro groups is 1. The van der Waals surface area contributed by atoms with E-state index in [4.69, 9.17) is 0 Å². The molecule has 0 unspecified atom stereocenters. The van der Waals surface area contributed by atoms with Gasteiger partial charge in [-0.3, -0.25) is 15.1 Å². The Balaban J connectivity index is 1.96. The van der Waals surface area contributed by atoms with E-state index in [1.807, 2.05) is 24.3 Å². The van der Waals surface area contributed by atoms with Crippen LogP contribution in [0, 0.1) is 10.1 Å². The van der Waals surface area contributed by atoms with Gasteiger partial charge in [0.25, 0.3) is 0 Å². The van der Waals surface area contributed by atoms with Crippen LogP contribution in [-0.2, 0) is 0 Å². The fourth-order valence-corrected chi connectivity index (χ4v) is 3.24. The van der Waals surface area contributed by atoms with E-state index in [-0.39, 0.29) is 11.4 Å². The molecule has 1 N–H and O–H groups in total. The molecule has 1 heterocycles. The van der Waals surface area contributed by atoms with Crippen LogP contribution in [0.3, 0.4) is 0 Å². The molecule has 0 radical (unpaired) electrons. The van der Waals surface area contributed by atoms with Crippen molar-refractivity contribution in [1.29, 1.82) is 0 Å². The summed E-state index contributed by atoms with van der Waals surface area (Å²) in [6.45, 7) is 2.00. The van der Waals surface area contributed by atoms with Gasteiger partial charge in [-0.1, -0.05) is 28.1 Å². The highest BCUT2D eigenvalue weighted by Crippen LogP contribution is 2.34. The van der Waals surface area contributed by atoms with E-state index in [1.54, 1.807) is 6.07 Å². The molecule has 0 aliphatic carbocycles. The van der Waals surface area contributed by atoms with Gasteiger partial charge in [0.2, 0.25) is 5.75 Å². The summed E-state index contributed by atoms with van der Waals surface area (Å²) in [6, 6.07) is 10.6. The summed E-state index contributed by atoms with van der Waals surface area (Å²) in [6.07, 6.45) is 3.79. The van der Waals surface area contributed by atoms with Crippen LogP contribution >= 0.6 is 15.9 Å². The van der Waals surface area contributed by atoms with Gasteiger partial charge in [-0.25, -0.2) is 0 Å². The van der Waals surface area contributed by atoms with E-state index in [0.717, 1.165) is 37.3 Å². The Labute approximate surface area is 147 Å². The molecule has 6 nitrogen and oxygen atoms in total. The van der Waals surface area contributed by atoms with Crippen LogP contribution < -0.4 is 4.90 Å². The quantitative estimate of drug-likeness (QED) is 0.476. The van der Waals surface area contributed by atoms with Crippen molar-refractivity contribution in [3.63, 3.8) is 0 Å². The lowest BCUT2D eigenvalue weighted by Crippen LogP contribution is -2.17. The maximum absolute atomic E-state index is 11.0. The molecule has 0 bridgehead atoms. The van der Waals surface area contributed by atoms with Crippen molar-refractivity contribution in [2.24, 2.45) is 4.99 Å². The number of nitrogens with zero attached hydrogens (tertiary/aromatic N) is 3. The minimum atomic E-state index is -0.615. The van der Waals surface area contributed by atoms with Crippen LogP contribution in [0.15, 0.2) is 45.9 Å². The van der Waals surface area contributed by atoms with Crippen LogP contribution in [0.4, 0.5) is 17.1 Å². The molecule has 24 heavy (non-hydrogen) atoms. The van der Waals surface area contributed by atoms with Crippen molar-refractivity contribution in [2.75, 3.05) is 18.0 Å². The van der Waals surface area contributed by atoms with E-state index in [1.165, 1.54) is 12.3 Å². The lowest BCUT2D eigenvalue weighted by atomic mass is 10.2. The highest BCUT2D eigenvalue weighted by Gasteiger charge is 2.18. The van der Waals surface area contributed by atoms with Gasteiger partial charge >= 0.3 is 5.69 Å². The Morgan fingerprint density at radius 3 is 2.67 bits per heavy atom. The molecule has 3 rings (SSSR count). The second-order valence-corrected chi connectivity index (χ2v) is 6.48. The number of halogens is 1. The zero-order chi connectivity index (χ0) is 17.1. The number of benzene rings is 2. The summed E-state index contributed by atoms with van der Waals surface area (Å²) >= 11 is 3.22. The van der Waals surface area contributed by atoms with Crippen LogP contribution in [0.25, 0.3) is 0 Å². The van der Waals surface area contributed by atoms with Crippen LogP contribution in [-0.4, -0.2) is 29.3 Å². The van der Waals surface area contributed by atoms with E-state index in [2.05, 4.69) is 25.8 Å². The van der Waals surface area contributed by atoms with E-state index in [0.29, 0.717) is 10.0 Å². The minimum Gasteiger partial charge on any atom is -0.502 e. The second-order valence-electron chi connectivity index (χ2n) is 5.56. The van der Waals surface area contributed by atoms with Crippen molar-refractivity contribution in [1.82, 2.24) is 0 Å². The summed E-state index contributed by atoms with van der Waals surface area (Å²) in [4.78, 5) is 17.1. The monoisotopic (exact) mass is 389 g/mol. The summed E-state index contributed by atoms with van der Waals surface area (Å²) in [5.41, 5.74) is 1.77. The molecule has 7 heteroatoms. The van der Waals surface area contributed by atoms with Crippen molar-refractivity contribution in [3.05, 3.63) is 56.5 Å². The molecule has 124 valence electrons.